The number of rotatable bonds is 2. The molecule has 2 rings (SSSR count). The highest BCUT2D eigenvalue weighted by molar-refractivity contribution is 5.94. The molecule has 1 N–H and O–H groups in total. The molecule has 1 amide bonds. The minimum Gasteiger partial charge on any atom is -0.395 e. The molecule has 0 aliphatic carbocycles. The van der Waals surface area contributed by atoms with Crippen LogP contribution in [0.15, 0.2) is 18.2 Å². The van der Waals surface area contributed by atoms with E-state index in [-0.39, 0.29) is 18.1 Å². The molecule has 0 aromatic heterocycles. The van der Waals surface area contributed by atoms with Gasteiger partial charge in [0.25, 0.3) is 5.91 Å². The quantitative estimate of drug-likeness (QED) is 0.839. The first-order valence-corrected chi connectivity index (χ1v) is 6.80. The summed E-state index contributed by atoms with van der Waals surface area (Å²) in [6.45, 7) is 3.45. The molecule has 4 heteroatoms. The van der Waals surface area contributed by atoms with Crippen LogP contribution in [0, 0.1) is 23.6 Å². The molecule has 1 fully saturated rings. The molecule has 0 radical (unpaired) electrons. The summed E-state index contributed by atoms with van der Waals surface area (Å²) in [5, 5.41) is 8.63. The highest BCUT2D eigenvalue weighted by atomic mass is 19.1. The summed E-state index contributed by atoms with van der Waals surface area (Å²) in [5.74, 6) is 5.17. The maximum atomic E-state index is 14.0. The maximum absolute atomic E-state index is 14.0. The van der Waals surface area contributed by atoms with E-state index in [1.165, 1.54) is 12.1 Å². The average Bonchev–Trinajstić information content (AvgIpc) is 2.85. The number of likely N-dealkylation sites (tertiary alicyclic amines) is 1. The van der Waals surface area contributed by atoms with Gasteiger partial charge in [0.2, 0.25) is 0 Å². The Hall–Kier alpha value is -1.86. The average molecular weight is 275 g/mol. The van der Waals surface area contributed by atoms with Crippen molar-refractivity contribution in [3.8, 4) is 11.8 Å². The van der Waals surface area contributed by atoms with E-state index in [1.807, 2.05) is 0 Å². The molecule has 1 aliphatic rings. The highest BCUT2D eigenvalue weighted by Crippen LogP contribution is 2.19. The lowest BCUT2D eigenvalue weighted by atomic mass is 10.1. The second-order valence-corrected chi connectivity index (χ2v) is 5.12. The predicted molar refractivity (Wildman–Crippen MR) is 74.7 cm³/mol. The second kappa shape index (κ2) is 6.53. The van der Waals surface area contributed by atoms with E-state index >= 15 is 0 Å². The lowest BCUT2D eigenvalue weighted by molar-refractivity contribution is 0.0783. The van der Waals surface area contributed by atoms with E-state index in [0.717, 1.165) is 6.42 Å². The van der Waals surface area contributed by atoms with Gasteiger partial charge in [0.05, 0.1) is 12.2 Å². The van der Waals surface area contributed by atoms with Crippen molar-refractivity contribution in [1.82, 2.24) is 4.90 Å². The summed E-state index contributed by atoms with van der Waals surface area (Å²) in [7, 11) is 0. The van der Waals surface area contributed by atoms with Gasteiger partial charge in [-0.3, -0.25) is 4.79 Å². The molecule has 1 atom stereocenters. The zero-order valence-electron chi connectivity index (χ0n) is 11.5. The topological polar surface area (TPSA) is 40.5 Å². The van der Waals surface area contributed by atoms with Crippen molar-refractivity contribution in [2.45, 2.75) is 19.8 Å². The van der Waals surface area contributed by atoms with Gasteiger partial charge in [0, 0.05) is 25.1 Å². The largest absolute Gasteiger partial charge is 0.395 e. The third-order valence-corrected chi connectivity index (χ3v) is 3.38. The smallest absolute Gasteiger partial charge is 0.256 e. The summed E-state index contributed by atoms with van der Waals surface area (Å²) < 4.78 is 14.0. The van der Waals surface area contributed by atoms with E-state index in [1.54, 1.807) is 11.0 Å². The number of carbonyl (C=O) groups is 1. The van der Waals surface area contributed by atoms with Gasteiger partial charge < -0.3 is 10.0 Å². The standard InChI is InChI=1S/C16H18FNO2/c1-12-7-8-18(11-12)16(20)14-6-5-13(10-15(14)17)4-2-3-9-19/h5-6,10,12,19H,3,7-9,11H2,1H3. The summed E-state index contributed by atoms with van der Waals surface area (Å²) in [6.07, 6.45) is 1.33. The number of hydrogen-bond donors (Lipinski definition) is 1. The van der Waals surface area contributed by atoms with E-state index in [0.29, 0.717) is 31.0 Å². The second-order valence-electron chi connectivity index (χ2n) is 5.12. The summed E-state index contributed by atoms with van der Waals surface area (Å²) in [4.78, 5) is 13.9. The van der Waals surface area contributed by atoms with Crippen LogP contribution in [0.3, 0.4) is 0 Å². The van der Waals surface area contributed by atoms with Crippen LogP contribution < -0.4 is 0 Å². The predicted octanol–water partition coefficient (Wildman–Crippen LogP) is 2.04. The molecule has 1 aromatic carbocycles. The highest BCUT2D eigenvalue weighted by Gasteiger charge is 2.25. The number of nitrogens with zero attached hydrogens (tertiary/aromatic N) is 1. The van der Waals surface area contributed by atoms with Gasteiger partial charge in [0.1, 0.15) is 5.82 Å². The molecular weight excluding hydrogens is 257 g/mol. The van der Waals surface area contributed by atoms with Crippen LogP contribution in [-0.4, -0.2) is 35.6 Å². The first-order valence-electron chi connectivity index (χ1n) is 6.80. The fraction of sp³-hybridized carbons (Fsp3) is 0.438. The van der Waals surface area contributed by atoms with Crippen molar-refractivity contribution in [1.29, 1.82) is 0 Å². The van der Waals surface area contributed by atoms with E-state index in [9.17, 15) is 9.18 Å². The molecule has 1 unspecified atom stereocenters. The van der Waals surface area contributed by atoms with Crippen molar-refractivity contribution in [3.05, 3.63) is 35.1 Å². The first-order chi connectivity index (χ1) is 9.61. The summed E-state index contributed by atoms with van der Waals surface area (Å²) in [6, 6.07) is 4.40. The van der Waals surface area contributed by atoms with Crippen molar-refractivity contribution in [2.24, 2.45) is 5.92 Å². The SMILES string of the molecule is CC1CCN(C(=O)c2ccc(C#CCCO)cc2F)C1. The number of benzene rings is 1. The van der Waals surface area contributed by atoms with Crippen molar-refractivity contribution < 1.29 is 14.3 Å². The lowest BCUT2D eigenvalue weighted by Crippen LogP contribution is -2.29. The molecule has 0 saturated carbocycles. The van der Waals surface area contributed by atoms with Gasteiger partial charge in [-0.05, 0) is 30.5 Å². The molecular formula is C16H18FNO2. The van der Waals surface area contributed by atoms with E-state index in [4.69, 9.17) is 5.11 Å². The molecule has 3 nitrogen and oxygen atoms in total. The van der Waals surface area contributed by atoms with Crippen LogP contribution in [0.2, 0.25) is 0 Å². The zero-order valence-corrected chi connectivity index (χ0v) is 11.5. The fourth-order valence-electron chi connectivity index (χ4n) is 2.28. The normalized spacial score (nSPS) is 17.8. The number of halogens is 1. The summed E-state index contributed by atoms with van der Waals surface area (Å²) in [5.41, 5.74) is 0.620. The monoisotopic (exact) mass is 275 g/mol. The van der Waals surface area contributed by atoms with Crippen LogP contribution in [-0.2, 0) is 0 Å². The van der Waals surface area contributed by atoms with E-state index in [2.05, 4.69) is 18.8 Å². The van der Waals surface area contributed by atoms with Crippen molar-refractivity contribution in [2.75, 3.05) is 19.7 Å². The molecule has 1 aliphatic heterocycles. The maximum Gasteiger partial charge on any atom is 0.256 e. The Labute approximate surface area is 118 Å². The van der Waals surface area contributed by atoms with Crippen LogP contribution in [0.4, 0.5) is 4.39 Å². The molecule has 106 valence electrons. The number of aliphatic hydroxyl groups is 1. The fourth-order valence-corrected chi connectivity index (χ4v) is 2.28. The Morgan fingerprint density at radius 3 is 2.95 bits per heavy atom. The number of aliphatic hydroxyl groups excluding tert-OH is 1. The molecule has 1 heterocycles. The third-order valence-electron chi connectivity index (χ3n) is 3.38. The lowest BCUT2D eigenvalue weighted by Gasteiger charge is -2.16. The third kappa shape index (κ3) is 3.37. The van der Waals surface area contributed by atoms with Gasteiger partial charge >= 0.3 is 0 Å². The van der Waals surface area contributed by atoms with Gasteiger partial charge in [-0.25, -0.2) is 4.39 Å². The Morgan fingerprint density at radius 1 is 1.55 bits per heavy atom. The molecule has 20 heavy (non-hydrogen) atoms. The van der Waals surface area contributed by atoms with Gasteiger partial charge in [-0.1, -0.05) is 18.8 Å². The van der Waals surface area contributed by atoms with Crippen LogP contribution in [0.25, 0.3) is 0 Å². The molecule has 0 bridgehead atoms. The molecule has 1 aromatic rings. The van der Waals surface area contributed by atoms with Gasteiger partial charge in [0.15, 0.2) is 0 Å². The first kappa shape index (κ1) is 14.5. The Balaban J connectivity index is 2.14. The minimum atomic E-state index is -0.537. The van der Waals surface area contributed by atoms with Crippen LogP contribution in [0.1, 0.15) is 35.7 Å². The number of hydrogen-bond acceptors (Lipinski definition) is 2. The Bertz CT molecular complexity index is 559. The van der Waals surface area contributed by atoms with Crippen LogP contribution >= 0.6 is 0 Å². The number of carbonyl (C=O) groups excluding carboxylic acids is 1. The van der Waals surface area contributed by atoms with Crippen molar-refractivity contribution >= 4 is 5.91 Å². The Kier molecular flexibility index (Phi) is 4.75. The van der Waals surface area contributed by atoms with Crippen LogP contribution in [0.5, 0.6) is 0 Å². The zero-order chi connectivity index (χ0) is 14.5. The number of amides is 1. The molecule has 0 spiro atoms. The summed E-state index contributed by atoms with van der Waals surface area (Å²) >= 11 is 0. The molecule has 1 saturated heterocycles. The Morgan fingerprint density at radius 2 is 2.35 bits per heavy atom. The van der Waals surface area contributed by atoms with E-state index < -0.39 is 5.82 Å². The minimum absolute atomic E-state index is 0.0147. The van der Waals surface area contributed by atoms with Gasteiger partial charge in [-0.15, -0.1) is 0 Å². The van der Waals surface area contributed by atoms with Crippen molar-refractivity contribution in [3.63, 3.8) is 0 Å². The van der Waals surface area contributed by atoms with Gasteiger partial charge in [-0.2, -0.15) is 0 Å².